The van der Waals surface area contributed by atoms with Crippen LogP contribution < -0.4 is 15.4 Å². The Hall–Kier alpha value is -3.29. The van der Waals surface area contributed by atoms with Gasteiger partial charge in [-0.15, -0.1) is 11.3 Å². The number of thiazole rings is 1. The van der Waals surface area contributed by atoms with Crippen LogP contribution in [0.1, 0.15) is 11.1 Å². The average Bonchev–Trinajstić information content (AvgIpc) is 3.22. The van der Waals surface area contributed by atoms with E-state index in [1.165, 1.54) is 16.9 Å². The van der Waals surface area contributed by atoms with Crippen LogP contribution >= 0.6 is 23.6 Å². The maximum absolute atomic E-state index is 12.2. The van der Waals surface area contributed by atoms with Gasteiger partial charge >= 0.3 is 0 Å². The molecule has 0 aliphatic carbocycles. The first kappa shape index (κ1) is 21.0. The minimum Gasteiger partial charge on any atom is -0.484 e. The zero-order valence-corrected chi connectivity index (χ0v) is 18.8. The number of anilines is 1. The Kier molecular flexibility index (Phi) is 6.25. The van der Waals surface area contributed by atoms with Crippen LogP contribution in [0.15, 0.2) is 66.0 Å². The zero-order chi connectivity index (χ0) is 21.8. The summed E-state index contributed by atoms with van der Waals surface area (Å²) in [6, 6.07) is 20.1. The first-order chi connectivity index (χ1) is 15.0. The monoisotopic (exact) mass is 447 g/mol. The van der Waals surface area contributed by atoms with Crippen LogP contribution in [0.25, 0.3) is 22.0 Å². The van der Waals surface area contributed by atoms with Gasteiger partial charge in [0.1, 0.15) is 5.75 Å². The van der Waals surface area contributed by atoms with E-state index < -0.39 is 0 Å². The van der Waals surface area contributed by atoms with Crippen LogP contribution in [0.4, 0.5) is 5.13 Å². The van der Waals surface area contributed by atoms with Crippen molar-refractivity contribution in [2.24, 2.45) is 0 Å². The van der Waals surface area contributed by atoms with Crippen molar-refractivity contribution in [1.29, 1.82) is 0 Å². The Morgan fingerprint density at radius 2 is 1.87 bits per heavy atom. The number of ether oxygens (including phenoxy) is 1. The molecule has 0 spiro atoms. The predicted octanol–water partition coefficient (Wildman–Crippen LogP) is 5.47. The molecule has 5 nitrogen and oxygen atoms in total. The first-order valence-corrected chi connectivity index (χ1v) is 11.0. The number of thiocarbonyl (C=S) groups is 1. The van der Waals surface area contributed by atoms with Gasteiger partial charge in [0.25, 0.3) is 5.91 Å². The number of amides is 1. The molecule has 0 unspecified atom stereocenters. The van der Waals surface area contributed by atoms with Crippen LogP contribution in [-0.4, -0.2) is 22.6 Å². The molecule has 4 aromatic rings. The van der Waals surface area contributed by atoms with Crippen molar-refractivity contribution >= 4 is 50.5 Å². The maximum atomic E-state index is 12.2. The molecule has 0 fully saturated rings. The zero-order valence-electron chi connectivity index (χ0n) is 17.1. The van der Waals surface area contributed by atoms with E-state index in [1.807, 2.05) is 61.7 Å². The highest BCUT2D eigenvalue weighted by Crippen LogP contribution is 2.30. The van der Waals surface area contributed by atoms with Gasteiger partial charge in [-0.3, -0.25) is 10.1 Å². The molecule has 2 N–H and O–H groups in total. The molecule has 3 aromatic carbocycles. The summed E-state index contributed by atoms with van der Waals surface area (Å²) in [4.78, 5) is 16.8. The molecular formula is C24H21N3O2S2. The van der Waals surface area contributed by atoms with Crippen molar-refractivity contribution < 1.29 is 9.53 Å². The van der Waals surface area contributed by atoms with Gasteiger partial charge in [-0.2, -0.15) is 0 Å². The second-order valence-electron chi connectivity index (χ2n) is 7.10. The highest BCUT2D eigenvalue weighted by molar-refractivity contribution is 7.80. The third-order valence-corrected chi connectivity index (χ3v) is 5.85. The number of rotatable bonds is 5. The summed E-state index contributed by atoms with van der Waals surface area (Å²) < 4.78 is 5.55. The molecule has 7 heteroatoms. The molecule has 4 rings (SSSR count). The smallest absolute Gasteiger partial charge is 0.264 e. The lowest BCUT2D eigenvalue weighted by Crippen LogP contribution is -2.37. The van der Waals surface area contributed by atoms with Crippen LogP contribution in [0.3, 0.4) is 0 Å². The topological polar surface area (TPSA) is 63.2 Å². The highest BCUT2D eigenvalue weighted by Gasteiger charge is 2.11. The van der Waals surface area contributed by atoms with Crippen LogP contribution in [-0.2, 0) is 4.79 Å². The third-order valence-electron chi connectivity index (χ3n) is 4.89. The van der Waals surface area contributed by atoms with Crippen molar-refractivity contribution in [3.63, 3.8) is 0 Å². The Balaban J connectivity index is 1.35. The third kappa shape index (κ3) is 5.07. The summed E-state index contributed by atoms with van der Waals surface area (Å²) >= 11 is 6.68. The Morgan fingerprint density at radius 1 is 1.06 bits per heavy atom. The maximum Gasteiger partial charge on any atom is 0.264 e. The molecule has 1 heterocycles. The van der Waals surface area contributed by atoms with E-state index in [2.05, 4.69) is 33.8 Å². The van der Waals surface area contributed by atoms with Crippen molar-refractivity contribution in [2.45, 2.75) is 13.8 Å². The normalized spacial score (nSPS) is 10.6. The van der Waals surface area contributed by atoms with Crippen molar-refractivity contribution in [2.75, 3.05) is 11.9 Å². The SMILES string of the molecule is Cc1ccc(OCC(=O)NC(=S)Nc2nc(-c3cccc4ccccc34)cs2)cc1C. The number of nitrogens with zero attached hydrogens (tertiary/aromatic N) is 1. The summed E-state index contributed by atoms with van der Waals surface area (Å²) in [5.41, 5.74) is 4.20. The van der Waals surface area contributed by atoms with E-state index in [9.17, 15) is 4.79 Å². The molecule has 0 bridgehead atoms. The summed E-state index contributed by atoms with van der Waals surface area (Å²) in [6.45, 7) is 3.91. The Bertz CT molecular complexity index is 1260. The van der Waals surface area contributed by atoms with E-state index in [0.29, 0.717) is 10.9 Å². The molecule has 0 saturated heterocycles. The number of nitrogens with one attached hydrogen (secondary N) is 2. The summed E-state index contributed by atoms with van der Waals surface area (Å²) in [6.07, 6.45) is 0. The van der Waals surface area contributed by atoms with Gasteiger partial charge in [0.15, 0.2) is 16.9 Å². The van der Waals surface area contributed by atoms with E-state index >= 15 is 0 Å². The number of fused-ring (bicyclic) bond motifs is 1. The molecule has 0 saturated carbocycles. The molecule has 0 aliphatic rings. The number of hydrogen-bond acceptors (Lipinski definition) is 5. The van der Waals surface area contributed by atoms with Gasteiger partial charge in [0, 0.05) is 10.9 Å². The number of benzene rings is 3. The van der Waals surface area contributed by atoms with E-state index in [-0.39, 0.29) is 17.6 Å². The standard InChI is InChI=1S/C24H21N3O2S2/c1-15-10-11-18(12-16(15)2)29-13-22(28)26-23(30)27-24-25-21(14-31-24)20-9-5-7-17-6-3-4-8-19(17)20/h3-12,14H,13H2,1-2H3,(H2,25,26,27,28,30). The largest absolute Gasteiger partial charge is 0.484 e. The first-order valence-electron chi connectivity index (χ1n) is 9.74. The van der Waals surface area contributed by atoms with Gasteiger partial charge in [0.2, 0.25) is 0 Å². The molecular weight excluding hydrogens is 426 g/mol. The van der Waals surface area contributed by atoms with Gasteiger partial charge in [-0.25, -0.2) is 4.98 Å². The molecule has 156 valence electrons. The van der Waals surface area contributed by atoms with Crippen molar-refractivity contribution in [3.05, 3.63) is 77.2 Å². The fourth-order valence-electron chi connectivity index (χ4n) is 3.15. The second-order valence-corrected chi connectivity index (χ2v) is 8.37. The highest BCUT2D eigenvalue weighted by atomic mass is 32.1. The van der Waals surface area contributed by atoms with Gasteiger partial charge in [-0.05, 0) is 60.1 Å². The van der Waals surface area contributed by atoms with Crippen LogP contribution in [0.2, 0.25) is 0 Å². The molecule has 0 aliphatic heterocycles. The fourth-order valence-corrected chi connectivity index (χ4v) is 4.14. The van der Waals surface area contributed by atoms with E-state index in [1.54, 1.807) is 0 Å². The molecule has 1 amide bonds. The fraction of sp³-hybridized carbons (Fsp3) is 0.125. The van der Waals surface area contributed by atoms with Gasteiger partial charge < -0.3 is 10.1 Å². The summed E-state index contributed by atoms with van der Waals surface area (Å²) in [5, 5.41) is 10.7. The minimum atomic E-state index is -0.332. The van der Waals surface area contributed by atoms with E-state index in [0.717, 1.165) is 27.6 Å². The lowest BCUT2D eigenvalue weighted by molar-refractivity contribution is -0.121. The number of hydrogen-bond donors (Lipinski definition) is 2. The quantitative estimate of drug-likeness (QED) is 0.397. The molecule has 1 aromatic heterocycles. The van der Waals surface area contributed by atoms with Gasteiger partial charge in [-0.1, -0.05) is 48.5 Å². The molecule has 0 atom stereocenters. The van der Waals surface area contributed by atoms with Crippen molar-refractivity contribution in [3.8, 4) is 17.0 Å². The minimum absolute atomic E-state index is 0.122. The Morgan fingerprint density at radius 3 is 2.71 bits per heavy atom. The summed E-state index contributed by atoms with van der Waals surface area (Å²) in [5.74, 6) is 0.318. The predicted molar refractivity (Wildman–Crippen MR) is 131 cm³/mol. The van der Waals surface area contributed by atoms with Gasteiger partial charge in [0.05, 0.1) is 5.69 Å². The number of carbonyl (C=O) groups is 1. The Labute approximate surface area is 190 Å². The average molecular weight is 448 g/mol. The molecule has 0 radical (unpaired) electrons. The lowest BCUT2D eigenvalue weighted by Gasteiger charge is -2.10. The van der Waals surface area contributed by atoms with E-state index in [4.69, 9.17) is 17.0 Å². The number of carbonyl (C=O) groups excluding carboxylic acids is 1. The van der Waals surface area contributed by atoms with Crippen LogP contribution in [0, 0.1) is 13.8 Å². The molecule has 31 heavy (non-hydrogen) atoms. The number of aryl methyl sites for hydroxylation is 2. The van der Waals surface area contributed by atoms with Crippen molar-refractivity contribution in [1.82, 2.24) is 10.3 Å². The van der Waals surface area contributed by atoms with Crippen LogP contribution in [0.5, 0.6) is 5.75 Å². The number of aromatic nitrogens is 1. The lowest BCUT2D eigenvalue weighted by atomic mass is 10.0. The summed E-state index contributed by atoms with van der Waals surface area (Å²) in [7, 11) is 0. The second kappa shape index (κ2) is 9.24.